The second-order valence-electron chi connectivity index (χ2n) is 24.5. The van der Waals surface area contributed by atoms with Crippen LogP contribution < -0.4 is 0 Å². The molecule has 10 aromatic heterocycles. The van der Waals surface area contributed by atoms with E-state index < -0.39 is 0 Å². The minimum atomic E-state index is -0.377. The molecule has 0 spiro atoms. The number of nitrogens with zero attached hydrogens (tertiary/aromatic N) is 20. The van der Waals surface area contributed by atoms with Gasteiger partial charge in [0, 0.05) is 119 Å². The highest BCUT2D eigenvalue weighted by Gasteiger charge is 2.29. The highest BCUT2D eigenvalue weighted by atomic mass is 35.5. The van der Waals surface area contributed by atoms with Gasteiger partial charge < -0.3 is 9.47 Å². The number of aryl methyl sites for hydroxylation is 4. The molecule has 2 fully saturated rings. The molecule has 1 saturated heterocycles. The largest absolute Gasteiger partial charge is 0.349 e. The quantitative estimate of drug-likeness (QED) is 0.118. The maximum atomic E-state index is 15.8. The van der Waals surface area contributed by atoms with Crippen LogP contribution in [0.4, 0.5) is 4.39 Å². The maximum absolute atomic E-state index is 15.8. The number of hydrogen-bond donors (Lipinski definition) is 0. The summed E-state index contributed by atoms with van der Waals surface area (Å²) in [5.41, 5.74) is 14.5. The fourth-order valence-corrected chi connectivity index (χ4v) is 13.8. The fraction of sp³-hybridized carbons (Fsp3) is 0.213. The van der Waals surface area contributed by atoms with Gasteiger partial charge in [-0.05, 0) is 44.2 Å². The first-order chi connectivity index (χ1) is 48.4. The summed E-state index contributed by atoms with van der Waals surface area (Å²) in [6.45, 7) is 5.66. The van der Waals surface area contributed by atoms with Crippen LogP contribution in [-0.4, -0.2) is 139 Å². The number of hydrogen-bond acceptors (Lipinski definition) is 15. The average Bonchev–Trinajstić information content (AvgIpc) is 1.65. The van der Waals surface area contributed by atoms with Crippen molar-refractivity contribution in [1.29, 1.82) is 0 Å². The molecule has 24 heteroatoms. The lowest BCUT2D eigenvalue weighted by molar-refractivity contribution is 0.149. The van der Waals surface area contributed by atoms with Crippen molar-refractivity contribution in [2.24, 2.45) is 28.2 Å². The van der Waals surface area contributed by atoms with E-state index in [1.54, 1.807) is 31.1 Å². The topological polar surface area (TPSA) is 199 Å². The van der Waals surface area contributed by atoms with Crippen LogP contribution in [-0.2, 0) is 34.7 Å². The van der Waals surface area contributed by atoms with Crippen LogP contribution in [0.5, 0.6) is 0 Å². The van der Waals surface area contributed by atoms with Crippen LogP contribution in [0.2, 0.25) is 15.1 Å². The zero-order chi connectivity index (χ0) is 68.1. The summed E-state index contributed by atoms with van der Waals surface area (Å²) in [6, 6.07) is 56.7. The third-order valence-electron chi connectivity index (χ3n) is 18.0. The molecule has 0 radical (unpaired) electrons. The minimum Gasteiger partial charge on any atom is -0.349 e. The lowest BCUT2D eigenvalue weighted by atomic mass is 10.0. The molecule has 0 amide bonds. The summed E-state index contributed by atoms with van der Waals surface area (Å²) >= 11 is 20.1. The van der Waals surface area contributed by atoms with Crippen molar-refractivity contribution >= 4 is 78.9 Å². The summed E-state index contributed by atoms with van der Waals surface area (Å²) in [6.07, 6.45) is 10.3. The summed E-state index contributed by atoms with van der Waals surface area (Å²) in [5, 5.41) is 57.8. The van der Waals surface area contributed by atoms with Crippen LogP contribution in [0.25, 0.3) is 123 Å². The monoisotopic (exact) mass is 1370 g/mol. The summed E-state index contributed by atoms with van der Waals surface area (Å²) in [4.78, 5) is 8.91. The molecule has 0 N–H and O–H groups in total. The first kappa shape index (κ1) is 65.7. The van der Waals surface area contributed by atoms with Gasteiger partial charge in [0.25, 0.3) is 0 Å². The Labute approximate surface area is 585 Å². The molecule has 0 bridgehead atoms. The van der Waals surface area contributed by atoms with Gasteiger partial charge in [0.1, 0.15) is 34.2 Å². The molecular weight excluding hydrogens is 1310 g/mol. The van der Waals surface area contributed by atoms with E-state index >= 15 is 4.39 Å². The Morgan fingerprint density at radius 1 is 0.414 bits per heavy atom. The van der Waals surface area contributed by atoms with Crippen molar-refractivity contribution in [3.8, 4) is 78.9 Å². The van der Waals surface area contributed by atoms with E-state index in [0.717, 1.165) is 111 Å². The summed E-state index contributed by atoms with van der Waals surface area (Å²) < 4.78 is 24.9. The molecule has 99 heavy (non-hydrogen) atoms. The van der Waals surface area contributed by atoms with Crippen LogP contribution in [0.3, 0.4) is 0 Å². The fourth-order valence-electron chi connectivity index (χ4n) is 12.9. The van der Waals surface area contributed by atoms with Gasteiger partial charge in [-0.1, -0.05) is 199 Å². The van der Waals surface area contributed by atoms with E-state index in [9.17, 15) is 0 Å². The Morgan fingerprint density at radius 2 is 0.909 bits per heavy atom. The smallest absolute Gasteiger partial charge is 0.205 e. The van der Waals surface area contributed by atoms with Crippen LogP contribution >= 0.6 is 34.8 Å². The van der Waals surface area contributed by atoms with Gasteiger partial charge in [-0.15, -0.1) is 40.8 Å². The molecule has 1 saturated carbocycles. The lowest BCUT2D eigenvalue weighted by Gasteiger charge is -2.32. The van der Waals surface area contributed by atoms with E-state index in [1.807, 2.05) is 215 Å². The number of piperazine rings is 1. The van der Waals surface area contributed by atoms with Gasteiger partial charge >= 0.3 is 0 Å². The first-order valence-corrected chi connectivity index (χ1v) is 33.8. The molecule has 496 valence electrons. The third-order valence-corrected chi connectivity index (χ3v) is 19.1. The van der Waals surface area contributed by atoms with Crippen molar-refractivity contribution in [2.75, 3.05) is 39.8 Å². The van der Waals surface area contributed by atoms with E-state index in [-0.39, 0.29) is 11.5 Å². The van der Waals surface area contributed by atoms with Gasteiger partial charge in [0.15, 0.2) is 22.8 Å². The van der Waals surface area contributed by atoms with Crippen molar-refractivity contribution < 1.29 is 4.39 Å². The predicted molar refractivity (Wildman–Crippen MR) is 389 cm³/mol. The second-order valence-corrected chi connectivity index (χ2v) is 25.6. The number of fused-ring (bicyclic) bond motifs is 4. The molecule has 1 aliphatic carbocycles. The molecule has 0 unspecified atom stereocenters. The van der Waals surface area contributed by atoms with E-state index in [4.69, 9.17) is 45.0 Å². The van der Waals surface area contributed by atoms with Crippen molar-refractivity contribution in [3.05, 3.63) is 221 Å². The lowest BCUT2D eigenvalue weighted by Crippen LogP contribution is -2.45. The van der Waals surface area contributed by atoms with Gasteiger partial charge in [0.2, 0.25) is 5.65 Å². The molecule has 5 aromatic carbocycles. The number of rotatable bonds is 11. The van der Waals surface area contributed by atoms with E-state index in [1.165, 1.54) is 25.7 Å². The van der Waals surface area contributed by atoms with Gasteiger partial charge in [-0.3, -0.25) is 14.6 Å². The van der Waals surface area contributed by atoms with Crippen molar-refractivity contribution in [1.82, 2.24) is 99.3 Å². The summed E-state index contributed by atoms with van der Waals surface area (Å²) in [5.74, 6) is 0.118. The molecule has 2 aliphatic rings. The van der Waals surface area contributed by atoms with Crippen molar-refractivity contribution in [2.45, 2.75) is 38.1 Å². The number of benzene rings is 5. The molecule has 0 atom stereocenters. The standard InChI is InChI=1S/C23H26FN7.C18H13ClN4.C17H12ClN5.C17H17ClN4/c1-28-11-13-30(14-12-28)15-16-31-23-19(22(27-31)18-9-6-10-29(18)2)20(24)21(25-26-23)17-7-4-3-5-8-17;1-23-17(13-10-6-3-7-11-13)14-15(19)16(20-21-18(14)22-23)12-8-4-2-5-9-12;1-23-17-13(15(22-23)12-8-5-9-19-10-12)14(18)16(20-21-17)11-6-3-2-4-7-11;1-22-17-13(15(21-22)11-9-5-6-10-11)14(18)16(19-20-17)12-7-3-2-4-8-12/h3-10H,11-16H2,1-2H3;2-11H,1H3;2-10H,1H3;2-4,7-8,11H,5-6,9-10H2,1H3. The van der Waals surface area contributed by atoms with Gasteiger partial charge in [0.05, 0.1) is 60.2 Å². The number of aromatic nitrogens is 18. The molecule has 20 nitrogen and oxygen atoms in total. The van der Waals surface area contributed by atoms with Crippen LogP contribution in [0, 0.1) is 5.82 Å². The first-order valence-electron chi connectivity index (χ1n) is 32.7. The zero-order valence-electron chi connectivity index (χ0n) is 55.1. The zero-order valence-corrected chi connectivity index (χ0v) is 57.3. The molecule has 17 rings (SSSR count). The van der Waals surface area contributed by atoms with Crippen LogP contribution in [0.15, 0.2) is 195 Å². The minimum absolute atomic E-state index is 0.252. The molecule has 15 aromatic rings. The second kappa shape index (κ2) is 29.3. The number of pyridine rings is 1. The predicted octanol–water partition coefficient (Wildman–Crippen LogP) is 15.3. The third kappa shape index (κ3) is 13.5. The van der Waals surface area contributed by atoms with Gasteiger partial charge in [-0.25, -0.2) is 18.4 Å². The molecule has 11 heterocycles. The molecular formula is C75H68Cl3FN20. The molecule has 1 aliphatic heterocycles. The highest BCUT2D eigenvalue weighted by molar-refractivity contribution is 6.39. The van der Waals surface area contributed by atoms with Gasteiger partial charge in [-0.2, -0.15) is 20.4 Å². The SMILES string of the molecule is CN1CCN(CCn2nc(-c3cccn3C)c3c(F)c(-c4ccccc4)nnc32)CC1.Cn1nc(-c2cccnc2)c2c(Cl)c(-c3ccccc3)nnc21.Cn1nc(C2CCCC2)c2c(Cl)c(-c3ccccc3)nnc21.Cn1nc2nnc(-c3ccccc3)c(Cl)c2c1-c1ccccc1. The maximum Gasteiger partial charge on any atom is 0.205 e. The Hall–Kier alpha value is -10.6. The van der Waals surface area contributed by atoms with E-state index in [2.05, 4.69) is 72.8 Å². The average molecular weight is 1370 g/mol. The number of likely N-dealkylation sites (N-methyl/N-ethyl adjacent to an activating group) is 1. The highest BCUT2D eigenvalue weighted by Crippen LogP contribution is 2.43. The van der Waals surface area contributed by atoms with Crippen LogP contribution in [0.1, 0.15) is 37.3 Å². The number of halogens is 4. The Morgan fingerprint density at radius 3 is 1.46 bits per heavy atom. The normalized spacial score (nSPS) is 13.5. The Kier molecular flexibility index (Phi) is 19.4. The van der Waals surface area contributed by atoms with Crippen molar-refractivity contribution in [3.63, 3.8) is 0 Å². The van der Waals surface area contributed by atoms with E-state index in [0.29, 0.717) is 72.5 Å². The summed E-state index contributed by atoms with van der Waals surface area (Å²) in [7, 11) is 9.72. The Bertz CT molecular complexity index is 5240. The Balaban J connectivity index is 0.000000114.